The minimum Gasteiger partial charge on any atom is -0.486 e. The van der Waals surface area contributed by atoms with Crippen LogP contribution in [0.25, 0.3) is 0 Å². The summed E-state index contributed by atoms with van der Waals surface area (Å²) in [5, 5.41) is 2.60. The molecule has 0 fully saturated rings. The monoisotopic (exact) mass is 275 g/mol. The first-order valence-electron chi connectivity index (χ1n) is 6.14. The van der Waals surface area contributed by atoms with Crippen molar-refractivity contribution >= 4 is 17.1 Å². The molecule has 100 valence electrons. The number of Topliss-reactive ketones (excluding diaryl/α,β-unsaturated/α-hetero) is 1. The number of ketones is 1. The minimum atomic E-state index is -0.00887. The van der Waals surface area contributed by atoms with Crippen LogP contribution in [0.1, 0.15) is 39.1 Å². The first-order valence-corrected chi connectivity index (χ1v) is 7.02. The van der Waals surface area contributed by atoms with E-state index in [1.54, 1.807) is 5.38 Å². The standard InChI is InChI=1S/C15H17NO2S/c1-9-5-6-10(2)15(11(9)3)18-7-14-16-13(8-19-14)12(4)17/h5-6,8H,7H2,1-4H3. The van der Waals surface area contributed by atoms with Gasteiger partial charge in [-0.05, 0) is 37.5 Å². The molecule has 19 heavy (non-hydrogen) atoms. The van der Waals surface area contributed by atoms with E-state index < -0.39 is 0 Å². The van der Waals surface area contributed by atoms with Crippen LogP contribution >= 0.6 is 11.3 Å². The molecule has 1 aromatic carbocycles. The van der Waals surface area contributed by atoms with Gasteiger partial charge in [-0.1, -0.05) is 12.1 Å². The molecule has 1 heterocycles. The predicted molar refractivity (Wildman–Crippen MR) is 77.1 cm³/mol. The third-order valence-electron chi connectivity index (χ3n) is 3.13. The molecule has 0 amide bonds. The van der Waals surface area contributed by atoms with Crippen molar-refractivity contribution in [2.45, 2.75) is 34.3 Å². The van der Waals surface area contributed by atoms with Crippen LogP contribution in [0, 0.1) is 20.8 Å². The molecule has 0 N–H and O–H groups in total. The highest BCUT2D eigenvalue weighted by Crippen LogP contribution is 2.26. The first-order chi connectivity index (χ1) is 8.99. The van der Waals surface area contributed by atoms with E-state index in [9.17, 15) is 4.79 Å². The van der Waals surface area contributed by atoms with E-state index in [0.29, 0.717) is 12.3 Å². The van der Waals surface area contributed by atoms with E-state index in [1.807, 2.05) is 6.92 Å². The minimum absolute atomic E-state index is 0.00887. The fourth-order valence-corrected chi connectivity index (χ4v) is 2.56. The van der Waals surface area contributed by atoms with E-state index in [0.717, 1.165) is 21.9 Å². The van der Waals surface area contributed by atoms with E-state index in [1.165, 1.54) is 23.8 Å². The van der Waals surface area contributed by atoms with Gasteiger partial charge in [0.15, 0.2) is 5.78 Å². The lowest BCUT2D eigenvalue weighted by molar-refractivity contribution is 0.101. The Kier molecular flexibility index (Phi) is 4.00. The summed E-state index contributed by atoms with van der Waals surface area (Å²) >= 11 is 1.46. The summed E-state index contributed by atoms with van der Waals surface area (Å²) in [7, 11) is 0. The molecule has 3 nitrogen and oxygen atoms in total. The fourth-order valence-electron chi connectivity index (χ4n) is 1.82. The SMILES string of the molecule is CC(=O)c1csc(COc2c(C)ccc(C)c2C)n1. The highest BCUT2D eigenvalue weighted by molar-refractivity contribution is 7.09. The zero-order valence-corrected chi connectivity index (χ0v) is 12.4. The quantitative estimate of drug-likeness (QED) is 0.796. The smallest absolute Gasteiger partial charge is 0.178 e. The largest absolute Gasteiger partial charge is 0.486 e. The van der Waals surface area contributed by atoms with Crippen LogP contribution in [0.2, 0.25) is 0 Å². The zero-order valence-electron chi connectivity index (χ0n) is 11.6. The van der Waals surface area contributed by atoms with Crippen LogP contribution in [-0.4, -0.2) is 10.8 Å². The normalized spacial score (nSPS) is 10.5. The number of carbonyl (C=O) groups excluding carboxylic acids is 1. The third kappa shape index (κ3) is 3.01. The van der Waals surface area contributed by atoms with Crippen LogP contribution in [0.5, 0.6) is 5.75 Å². The lowest BCUT2D eigenvalue weighted by Crippen LogP contribution is -2.01. The molecule has 0 saturated heterocycles. The Morgan fingerprint density at radius 3 is 2.58 bits per heavy atom. The maximum atomic E-state index is 11.2. The molecule has 0 saturated carbocycles. The average Bonchev–Trinajstić information content (AvgIpc) is 2.83. The van der Waals surface area contributed by atoms with Crippen LogP contribution in [0.3, 0.4) is 0 Å². The van der Waals surface area contributed by atoms with E-state index >= 15 is 0 Å². The molecule has 2 aromatic rings. The van der Waals surface area contributed by atoms with Crippen molar-refractivity contribution < 1.29 is 9.53 Å². The summed E-state index contributed by atoms with van der Waals surface area (Å²) in [6.45, 7) is 8.08. The van der Waals surface area contributed by atoms with Crippen molar-refractivity contribution in [2.24, 2.45) is 0 Å². The summed E-state index contributed by atoms with van der Waals surface area (Å²) in [4.78, 5) is 15.4. The average molecular weight is 275 g/mol. The summed E-state index contributed by atoms with van der Waals surface area (Å²) in [5.74, 6) is 0.907. The number of nitrogens with zero attached hydrogens (tertiary/aromatic N) is 1. The molecular weight excluding hydrogens is 258 g/mol. The number of benzene rings is 1. The zero-order chi connectivity index (χ0) is 14.0. The van der Waals surface area contributed by atoms with Crippen LogP contribution in [0.15, 0.2) is 17.5 Å². The van der Waals surface area contributed by atoms with Gasteiger partial charge in [-0.25, -0.2) is 4.98 Å². The molecular formula is C15H17NO2S. The molecule has 0 atom stereocenters. The van der Waals surface area contributed by atoms with Crippen LogP contribution in [-0.2, 0) is 6.61 Å². The first kappa shape index (κ1) is 13.7. The van der Waals surface area contributed by atoms with Gasteiger partial charge in [0.2, 0.25) is 0 Å². The Morgan fingerprint density at radius 1 is 1.26 bits per heavy atom. The van der Waals surface area contributed by atoms with Gasteiger partial charge in [0, 0.05) is 12.3 Å². The molecule has 0 aliphatic carbocycles. The summed E-state index contributed by atoms with van der Waals surface area (Å²) in [5.41, 5.74) is 4.00. The second-order valence-electron chi connectivity index (χ2n) is 4.62. The molecule has 0 radical (unpaired) electrons. The molecule has 0 unspecified atom stereocenters. The molecule has 4 heteroatoms. The molecule has 0 bridgehead atoms. The highest BCUT2D eigenvalue weighted by Gasteiger charge is 2.09. The third-order valence-corrected chi connectivity index (χ3v) is 3.95. The molecule has 1 aromatic heterocycles. The Bertz CT molecular complexity index is 617. The van der Waals surface area contributed by atoms with Gasteiger partial charge in [-0.15, -0.1) is 11.3 Å². The second kappa shape index (κ2) is 5.53. The van der Waals surface area contributed by atoms with Crippen molar-refractivity contribution in [2.75, 3.05) is 0 Å². The summed E-state index contributed by atoms with van der Waals surface area (Å²) in [6.07, 6.45) is 0. The predicted octanol–water partition coefficient (Wildman–Crippen LogP) is 3.85. The van der Waals surface area contributed by atoms with Crippen molar-refractivity contribution in [1.82, 2.24) is 4.98 Å². The maximum absolute atomic E-state index is 11.2. The molecule has 0 spiro atoms. The Morgan fingerprint density at radius 2 is 1.95 bits per heavy atom. The van der Waals surface area contributed by atoms with Crippen molar-refractivity contribution in [3.8, 4) is 5.75 Å². The van der Waals surface area contributed by atoms with E-state index in [2.05, 4.69) is 31.0 Å². The topological polar surface area (TPSA) is 39.2 Å². The summed E-state index contributed by atoms with van der Waals surface area (Å²) in [6, 6.07) is 4.15. The maximum Gasteiger partial charge on any atom is 0.178 e. The molecule has 0 aliphatic heterocycles. The van der Waals surface area contributed by atoms with Gasteiger partial charge in [0.05, 0.1) is 0 Å². The Hall–Kier alpha value is -1.68. The molecule has 2 rings (SSSR count). The van der Waals surface area contributed by atoms with Crippen molar-refractivity contribution in [1.29, 1.82) is 0 Å². The van der Waals surface area contributed by atoms with E-state index in [-0.39, 0.29) is 5.78 Å². The number of aromatic nitrogens is 1. The van der Waals surface area contributed by atoms with Gasteiger partial charge < -0.3 is 4.74 Å². The highest BCUT2D eigenvalue weighted by atomic mass is 32.1. The van der Waals surface area contributed by atoms with Gasteiger partial charge in [-0.3, -0.25) is 4.79 Å². The van der Waals surface area contributed by atoms with E-state index in [4.69, 9.17) is 4.74 Å². The number of hydrogen-bond donors (Lipinski definition) is 0. The number of rotatable bonds is 4. The fraction of sp³-hybridized carbons (Fsp3) is 0.333. The number of carbonyl (C=O) groups is 1. The van der Waals surface area contributed by atoms with Gasteiger partial charge >= 0.3 is 0 Å². The second-order valence-corrected chi connectivity index (χ2v) is 5.57. The van der Waals surface area contributed by atoms with Crippen LogP contribution in [0.4, 0.5) is 0 Å². The van der Waals surface area contributed by atoms with Crippen LogP contribution < -0.4 is 4.74 Å². The number of ether oxygens (including phenoxy) is 1. The number of aryl methyl sites for hydroxylation is 2. The Labute approximate surface area is 117 Å². The Balaban J connectivity index is 2.14. The van der Waals surface area contributed by atoms with Gasteiger partial charge in [0.25, 0.3) is 0 Å². The van der Waals surface area contributed by atoms with Gasteiger partial charge in [-0.2, -0.15) is 0 Å². The lowest BCUT2D eigenvalue weighted by Gasteiger charge is -2.12. The van der Waals surface area contributed by atoms with Crippen molar-refractivity contribution in [3.63, 3.8) is 0 Å². The van der Waals surface area contributed by atoms with Crippen molar-refractivity contribution in [3.05, 3.63) is 44.9 Å². The lowest BCUT2D eigenvalue weighted by atomic mass is 10.1. The van der Waals surface area contributed by atoms with Gasteiger partial charge in [0.1, 0.15) is 23.1 Å². The molecule has 0 aliphatic rings. The summed E-state index contributed by atoms with van der Waals surface area (Å²) < 4.78 is 5.86. The number of thiazole rings is 1. The number of hydrogen-bond acceptors (Lipinski definition) is 4.